The Morgan fingerprint density at radius 3 is 1.89 bits per heavy atom. The van der Waals surface area contributed by atoms with E-state index < -0.39 is 8.07 Å². The zero-order chi connectivity index (χ0) is 27.3. The molecule has 0 saturated carbocycles. The molecule has 0 aliphatic heterocycles. The Hall–Kier alpha value is -3.63. The highest BCUT2D eigenvalue weighted by Crippen LogP contribution is 2.43. The highest BCUT2D eigenvalue weighted by Gasteiger charge is 2.46. The molecule has 0 bridgehead atoms. The van der Waals surface area contributed by atoms with E-state index in [1.165, 1.54) is 0 Å². The average molecular weight is 522 g/mol. The minimum atomic E-state index is -2.02. The van der Waals surface area contributed by atoms with Crippen molar-refractivity contribution in [3.05, 3.63) is 103 Å². The van der Waals surface area contributed by atoms with E-state index in [4.69, 9.17) is 9.73 Å². The monoisotopic (exact) mass is 521 g/mol. The van der Waals surface area contributed by atoms with Crippen molar-refractivity contribution in [2.24, 2.45) is 4.99 Å². The van der Waals surface area contributed by atoms with E-state index >= 15 is 0 Å². The lowest BCUT2D eigenvalue weighted by molar-refractivity contribution is 0.477. The Bertz CT molecular complexity index is 1370. The maximum absolute atomic E-state index is 11.6. The van der Waals surface area contributed by atoms with Crippen LogP contribution in [0.2, 0.25) is 16.6 Å². The van der Waals surface area contributed by atoms with Gasteiger partial charge in [0.25, 0.3) is 0 Å². The maximum atomic E-state index is 11.6. The van der Waals surface area contributed by atoms with Crippen LogP contribution in [-0.4, -0.2) is 19.4 Å². The second-order valence-corrected chi connectivity index (χ2v) is 16.7. The van der Waals surface area contributed by atoms with Gasteiger partial charge in [0.05, 0.1) is 13.8 Å². The van der Waals surface area contributed by atoms with Crippen LogP contribution in [0.1, 0.15) is 47.1 Å². The molecule has 0 fully saturated rings. The van der Waals surface area contributed by atoms with E-state index in [9.17, 15) is 5.11 Å². The Morgan fingerprint density at radius 2 is 1.24 bits per heavy atom. The molecule has 1 N–H and O–H groups in total. The lowest BCUT2D eigenvalue weighted by atomic mass is 10.0. The van der Waals surface area contributed by atoms with Crippen molar-refractivity contribution in [2.45, 2.75) is 58.2 Å². The molecule has 0 unspecified atom stereocenters. The first-order valence-corrected chi connectivity index (χ1v) is 15.8. The predicted molar refractivity (Wildman–Crippen MR) is 164 cm³/mol. The van der Waals surface area contributed by atoms with E-state index in [0.29, 0.717) is 22.4 Å². The van der Waals surface area contributed by atoms with Gasteiger partial charge in [0, 0.05) is 22.9 Å². The number of aliphatic imine (C=N–C) groups is 1. The lowest BCUT2D eigenvalue weighted by Crippen LogP contribution is -2.55. The van der Waals surface area contributed by atoms with E-state index in [-0.39, 0.29) is 0 Å². The quantitative estimate of drug-likeness (QED) is 0.176. The molecule has 0 atom stereocenters. The Labute approximate surface area is 228 Å². The Kier molecular flexibility index (Phi) is 8.53. The van der Waals surface area contributed by atoms with Gasteiger partial charge in [-0.25, -0.2) is 0 Å². The second-order valence-electron chi connectivity index (χ2n) is 10.8. The summed E-state index contributed by atoms with van der Waals surface area (Å²) in [5, 5.41) is 12.7. The van der Waals surface area contributed by atoms with Gasteiger partial charge < -0.3 is 9.84 Å². The number of nitrogens with zero attached hydrogens (tertiary/aromatic N) is 1. The number of benzene rings is 4. The molecular formula is C34H39NO2Si. The summed E-state index contributed by atoms with van der Waals surface area (Å²) in [5.74, 6) is 1.94. The number of phenols is 1. The third kappa shape index (κ3) is 5.32. The predicted octanol–water partition coefficient (Wildman–Crippen LogP) is 9.49. The molecule has 0 amide bonds. The van der Waals surface area contributed by atoms with Crippen molar-refractivity contribution < 1.29 is 9.84 Å². The standard InChI is InChI=1S/C34H39NO2Si/c1-24(2)38(25(3)4,26(5)6)33-22-14-15-27(34(33)36)23-35-31-20-12-10-18-29(31)30-19-11-13-21-32(30)37-28-16-8-7-9-17-28/h7-26,36H,1-6H3. The van der Waals surface area contributed by atoms with Gasteiger partial charge in [-0.2, -0.15) is 0 Å². The highest BCUT2D eigenvalue weighted by molar-refractivity contribution is 6.95. The SMILES string of the molecule is CC(C)[Si](c1cccc(C=Nc2ccccc2-c2ccccc2Oc2ccccc2)c1O)(C(C)C)C(C)C. The van der Waals surface area contributed by atoms with Gasteiger partial charge in [-0.3, -0.25) is 4.99 Å². The first-order chi connectivity index (χ1) is 18.3. The average Bonchev–Trinajstić information content (AvgIpc) is 2.90. The van der Waals surface area contributed by atoms with Crippen LogP contribution < -0.4 is 9.92 Å². The van der Waals surface area contributed by atoms with Gasteiger partial charge in [0.15, 0.2) is 0 Å². The summed E-state index contributed by atoms with van der Waals surface area (Å²) in [7, 11) is -2.02. The molecule has 4 aromatic rings. The van der Waals surface area contributed by atoms with Crippen molar-refractivity contribution in [1.82, 2.24) is 0 Å². The van der Waals surface area contributed by atoms with Crippen LogP contribution in [-0.2, 0) is 0 Å². The van der Waals surface area contributed by atoms with E-state index in [2.05, 4.69) is 65.8 Å². The van der Waals surface area contributed by atoms with Crippen LogP contribution in [0.5, 0.6) is 17.2 Å². The number of hydrogen-bond donors (Lipinski definition) is 1. The molecule has 0 aliphatic rings. The summed E-state index contributed by atoms with van der Waals surface area (Å²) in [6.07, 6.45) is 1.80. The fourth-order valence-corrected chi connectivity index (χ4v) is 13.1. The van der Waals surface area contributed by atoms with Crippen LogP contribution in [0.25, 0.3) is 11.1 Å². The summed E-state index contributed by atoms with van der Waals surface area (Å²) in [5.41, 5.74) is 5.02. The molecule has 4 rings (SSSR count). The molecular weight excluding hydrogens is 482 g/mol. The van der Waals surface area contributed by atoms with Crippen LogP contribution in [0.15, 0.2) is 102 Å². The van der Waals surface area contributed by atoms with Gasteiger partial charge in [-0.05, 0) is 52.1 Å². The number of hydrogen-bond acceptors (Lipinski definition) is 3. The first kappa shape index (κ1) is 27.4. The lowest BCUT2D eigenvalue weighted by Gasteiger charge is -2.44. The summed E-state index contributed by atoms with van der Waals surface area (Å²) in [6, 6.07) is 32.1. The van der Waals surface area contributed by atoms with Gasteiger partial charge >= 0.3 is 0 Å². The van der Waals surface area contributed by atoms with Gasteiger partial charge in [-0.15, -0.1) is 0 Å². The third-order valence-corrected chi connectivity index (χ3v) is 14.9. The van der Waals surface area contributed by atoms with Crippen molar-refractivity contribution in [2.75, 3.05) is 0 Å². The van der Waals surface area contributed by atoms with Crippen LogP contribution in [0, 0.1) is 0 Å². The molecule has 0 aliphatic carbocycles. The number of phenolic OH excluding ortho intramolecular Hbond substituents is 1. The van der Waals surface area contributed by atoms with Crippen molar-refractivity contribution in [3.63, 3.8) is 0 Å². The normalized spacial score (nSPS) is 12.1. The Morgan fingerprint density at radius 1 is 0.658 bits per heavy atom. The first-order valence-electron chi connectivity index (χ1n) is 13.5. The fourth-order valence-electron chi connectivity index (χ4n) is 6.29. The zero-order valence-electron chi connectivity index (χ0n) is 23.3. The minimum absolute atomic E-state index is 0.379. The minimum Gasteiger partial charge on any atom is -0.507 e. The van der Waals surface area contributed by atoms with Gasteiger partial charge in [0.2, 0.25) is 0 Å². The van der Waals surface area contributed by atoms with Crippen LogP contribution in [0.3, 0.4) is 0 Å². The van der Waals surface area contributed by atoms with Crippen molar-refractivity contribution in [1.29, 1.82) is 0 Å². The fraction of sp³-hybridized carbons (Fsp3) is 0.265. The molecule has 196 valence electrons. The number of rotatable bonds is 9. The zero-order valence-corrected chi connectivity index (χ0v) is 24.3. The third-order valence-electron chi connectivity index (χ3n) is 7.79. The Balaban J connectivity index is 1.75. The van der Waals surface area contributed by atoms with E-state index in [1.807, 2.05) is 72.8 Å². The largest absolute Gasteiger partial charge is 0.507 e. The molecule has 0 heterocycles. The second kappa shape index (κ2) is 11.8. The van der Waals surface area contributed by atoms with Crippen molar-refractivity contribution in [3.8, 4) is 28.4 Å². The summed E-state index contributed by atoms with van der Waals surface area (Å²) < 4.78 is 6.23. The molecule has 0 saturated heterocycles. The number of aromatic hydroxyl groups is 1. The highest BCUT2D eigenvalue weighted by atomic mass is 28.3. The molecule has 4 aromatic carbocycles. The van der Waals surface area contributed by atoms with Crippen molar-refractivity contribution >= 4 is 25.2 Å². The molecule has 0 aromatic heterocycles. The van der Waals surface area contributed by atoms with E-state index in [1.54, 1.807) is 6.21 Å². The summed E-state index contributed by atoms with van der Waals surface area (Å²) in [6.45, 7) is 13.9. The van der Waals surface area contributed by atoms with Crippen LogP contribution in [0.4, 0.5) is 5.69 Å². The summed E-state index contributed by atoms with van der Waals surface area (Å²) >= 11 is 0. The van der Waals surface area contributed by atoms with Gasteiger partial charge in [-0.1, -0.05) is 108 Å². The van der Waals surface area contributed by atoms with Gasteiger partial charge in [0.1, 0.15) is 17.2 Å². The van der Waals surface area contributed by atoms with E-state index in [0.717, 1.165) is 39.1 Å². The summed E-state index contributed by atoms with van der Waals surface area (Å²) in [4.78, 5) is 4.89. The molecule has 0 radical (unpaired) electrons. The molecule has 3 nitrogen and oxygen atoms in total. The number of ether oxygens (including phenoxy) is 1. The molecule has 38 heavy (non-hydrogen) atoms. The number of para-hydroxylation sites is 4. The van der Waals surface area contributed by atoms with Crippen LogP contribution >= 0.6 is 0 Å². The molecule has 0 spiro atoms. The smallest absolute Gasteiger partial charge is 0.135 e. The molecule has 4 heteroatoms. The topological polar surface area (TPSA) is 41.8 Å². The maximum Gasteiger partial charge on any atom is 0.135 e.